The van der Waals surface area contributed by atoms with E-state index in [-0.39, 0.29) is 11.8 Å². The van der Waals surface area contributed by atoms with Crippen molar-refractivity contribution in [1.29, 1.82) is 0 Å². The molecule has 2 atom stereocenters. The van der Waals surface area contributed by atoms with Crippen LogP contribution in [0.5, 0.6) is 0 Å². The van der Waals surface area contributed by atoms with E-state index in [1.807, 2.05) is 30.3 Å². The molecule has 0 saturated carbocycles. The van der Waals surface area contributed by atoms with Gasteiger partial charge in [0.1, 0.15) is 0 Å². The second-order valence-corrected chi connectivity index (χ2v) is 5.83. The first-order valence-electron chi connectivity index (χ1n) is 7.83. The third kappa shape index (κ3) is 3.26. The Morgan fingerprint density at radius 1 is 1.04 bits per heavy atom. The molecule has 2 aromatic rings. The first-order chi connectivity index (χ1) is 11.2. The van der Waals surface area contributed by atoms with Gasteiger partial charge in [-0.1, -0.05) is 54.6 Å². The van der Waals surface area contributed by atoms with Gasteiger partial charge < -0.3 is 10.4 Å². The van der Waals surface area contributed by atoms with Crippen LogP contribution in [0.4, 0.5) is 0 Å². The van der Waals surface area contributed by atoms with Crippen LogP contribution in [0.3, 0.4) is 0 Å². The number of benzene rings is 2. The molecular formula is C19H19NO3. The van der Waals surface area contributed by atoms with Crippen LogP contribution in [0, 0.1) is 0 Å². The molecule has 1 aliphatic rings. The summed E-state index contributed by atoms with van der Waals surface area (Å²) in [5.41, 5.74) is 2.79. The zero-order chi connectivity index (χ0) is 16.2. The number of aryl methyl sites for hydroxylation is 1. The Labute approximate surface area is 135 Å². The number of hydrogen-bond acceptors (Lipinski definition) is 2. The van der Waals surface area contributed by atoms with Crippen LogP contribution in [0.25, 0.3) is 0 Å². The Hall–Kier alpha value is -2.62. The molecule has 3 rings (SSSR count). The van der Waals surface area contributed by atoms with Crippen LogP contribution in [0.1, 0.15) is 41.5 Å². The fourth-order valence-corrected chi connectivity index (χ4v) is 3.20. The fraction of sp³-hybridized carbons (Fsp3) is 0.263. The lowest BCUT2D eigenvalue weighted by Gasteiger charge is -2.26. The maximum atomic E-state index is 12.7. The molecule has 2 aromatic carbocycles. The maximum Gasteiger partial charge on any atom is 0.330 e. The molecule has 1 unspecified atom stereocenters. The standard InChI is InChI=1S/C19H19NO3/c21-18(16-12-6-10-13-7-4-5-11-15(13)16)20-17(19(22)23)14-8-2-1-3-9-14/h1-5,7-9,11,16-17H,6,10,12H2,(H,20,21)(H,22,23)/t16?,17-/m0/s1. The second kappa shape index (κ2) is 6.65. The summed E-state index contributed by atoms with van der Waals surface area (Å²) >= 11 is 0. The van der Waals surface area contributed by atoms with Gasteiger partial charge in [0.2, 0.25) is 5.91 Å². The molecule has 4 nitrogen and oxygen atoms in total. The largest absolute Gasteiger partial charge is 0.479 e. The van der Waals surface area contributed by atoms with E-state index in [1.165, 1.54) is 5.56 Å². The second-order valence-electron chi connectivity index (χ2n) is 5.83. The number of carboxylic acids is 1. The summed E-state index contributed by atoms with van der Waals surface area (Å²) in [4.78, 5) is 24.2. The van der Waals surface area contributed by atoms with Gasteiger partial charge in [0.05, 0.1) is 5.92 Å². The summed E-state index contributed by atoms with van der Waals surface area (Å²) in [7, 11) is 0. The lowest BCUT2D eigenvalue weighted by Crippen LogP contribution is -2.37. The van der Waals surface area contributed by atoms with E-state index in [9.17, 15) is 14.7 Å². The van der Waals surface area contributed by atoms with Gasteiger partial charge in [-0.05, 0) is 36.0 Å². The van der Waals surface area contributed by atoms with Crippen molar-refractivity contribution in [1.82, 2.24) is 5.32 Å². The van der Waals surface area contributed by atoms with Crippen molar-refractivity contribution in [3.8, 4) is 0 Å². The third-order valence-electron chi connectivity index (χ3n) is 4.35. The molecule has 0 saturated heterocycles. The van der Waals surface area contributed by atoms with Crippen molar-refractivity contribution in [2.75, 3.05) is 0 Å². The predicted molar refractivity (Wildman–Crippen MR) is 87.1 cm³/mol. The Balaban J connectivity index is 1.82. The van der Waals surface area contributed by atoms with Crippen molar-refractivity contribution in [3.63, 3.8) is 0 Å². The lowest BCUT2D eigenvalue weighted by molar-refractivity contribution is -0.142. The number of carbonyl (C=O) groups excluding carboxylic acids is 1. The van der Waals surface area contributed by atoms with Crippen LogP contribution in [-0.4, -0.2) is 17.0 Å². The Morgan fingerprint density at radius 3 is 2.48 bits per heavy atom. The van der Waals surface area contributed by atoms with Crippen LogP contribution in [0.15, 0.2) is 54.6 Å². The van der Waals surface area contributed by atoms with E-state index < -0.39 is 12.0 Å². The summed E-state index contributed by atoms with van der Waals surface area (Å²) in [6.45, 7) is 0. The Kier molecular flexibility index (Phi) is 4.42. The molecule has 0 aliphatic heterocycles. The fourth-order valence-electron chi connectivity index (χ4n) is 3.20. The van der Waals surface area contributed by atoms with E-state index in [2.05, 4.69) is 5.32 Å². The monoisotopic (exact) mass is 309 g/mol. The highest BCUT2D eigenvalue weighted by molar-refractivity contribution is 5.89. The molecule has 2 N–H and O–H groups in total. The van der Waals surface area contributed by atoms with Crippen molar-refractivity contribution < 1.29 is 14.7 Å². The number of aliphatic carboxylic acids is 1. The minimum atomic E-state index is -1.05. The highest BCUT2D eigenvalue weighted by Crippen LogP contribution is 2.32. The number of fused-ring (bicyclic) bond motifs is 1. The molecule has 0 radical (unpaired) electrons. The average molecular weight is 309 g/mol. The number of carbonyl (C=O) groups is 2. The van der Waals surface area contributed by atoms with Crippen LogP contribution in [-0.2, 0) is 16.0 Å². The molecule has 1 amide bonds. The summed E-state index contributed by atoms with van der Waals surface area (Å²) < 4.78 is 0. The van der Waals surface area contributed by atoms with Crippen molar-refractivity contribution in [2.45, 2.75) is 31.2 Å². The highest BCUT2D eigenvalue weighted by atomic mass is 16.4. The van der Waals surface area contributed by atoms with Gasteiger partial charge >= 0.3 is 5.97 Å². The molecule has 118 valence electrons. The van der Waals surface area contributed by atoms with Gasteiger partial charge in [-0.3, -0.25) is 4.79 Å². The van der Waals surface area contributed by atoms with E-state index in [0.29, 0.717) is 5.56 Å². The van der Waals surface area contributed by atoms with E-state index in [4.69, 9.17) is 0 Å². The van der Waals surface area contributed by atoms with Gasteiger partial charge in [0.15, 0.2) is 6.04 Å². The molecule has 23 heavy (non-hydrogen) atoms. The molecule has 1 aliphatic carbocycles. The topological polar surface area (TPSA) is 66.4 Å². The van der Waals surface area contributed by atoms with Gasteiger partial charge in [0, 0.05) is 0 Å². The zero-order valence-electron chi connectivity index (χ0n) is 12.7. The van der Waals surface area contributed by atoms with E-state index in [0.717, 1.165) is 24.8 Å². The molecule has 0 spiro atoms. The smallest absolute Gasteiger partial charge is 0.330 e. The number of hydrogen-bond donors (Lipinski definition) is 2. The zero-order valence-corrected chi connectivity index (χ0v) is 12.7. The Bertz CT molecular complexity index is 712. The van der Waals surface area contributed by atoms with Crippen LogP contribution in [0.2, 0.25) is 0 Å². The van der Waals surface area contributed by atoms with E-state index >= 15 is 0 Å². The predicted octanol–water partition coefficient (Wildman–Crippen LogP) is 3.05. The Morgan fingerprint density at radius 2 is 1.74 bits per heavy atom. The summed E-state index contributed by atoms with van der Waals surface area (Å²) in [6.07, 6.45) is 2.67. The van der Waals surface area contributed by atoms with Crippen LogP contribution < -0.4 is 5.32 Å². The van der Waals surface area contributed by atoms with Gasteiger partial charge in [0.25, 0.3) is 0 Å². The lowest BCUT2D eigenvalue weighted by atomic mass is 9.82. The first kappa shape index (κ1) is 15.3. The van der Waals surface area contributed by atoms with Crippen molar-refractivity contribution in [3.05, 3.63) is 71.3 Å². The van der Waals surface area contributed by atoms with E-state index in [1.54, 1.807) is 24.3 Å². The number of amides is 1. The van der Waals surface area contributed by atoms with Crippen molar-refractivity contribution >= 4 is 11.9 Å². The molecule has 0 fully saturated rings. The SMILES string of the molecule is O=C(N[C@H](C(=O)O)c1ccccc1)C1CCCc2ccccc21. The van der Waals surface area contributed by atoms with Gasteiger partial charge in [-0.2, -0.15) is 0 Å². The molecular weight excluding hydrogens is 290 g/mol. The summed E-state index contributed by atoms with van der Waals surface area (Å²) in [6, 6.07) is 15.7. The quantitative estimate of drug-likeness (QED) is 0.912. The summed E-state index contributed by atoms with van der Waals surface area (Å²) in [5, 5.41) is 12.2. The minimum absolute atomic E-state index is 0.214. The minimum Gasteiger partial charge on any atom is -0.479 e. The summed E-state index contributed by atoms with van der Waals surface area (Å²) in [5.74, 6) is -1.53. The van der Waals surface area contributed by atoms with Crippen molar-refractivity contribution in [2.24, 2.45) is 0 Å². The number of rotatable bonds is 4. The highest BCUT2D eigenvalue weighted by Gasteiger charge is 2.30. The van der Waals surface area contributed by atoms with Gasteiger partial charge in [-0.15, -0.1) is 0 Å². The third-order valence-corrected chi connectivity index (χ3v) is 4.35. The average Bonchev–Trinajstić information content (AvgIpc) is 2.59. The molecule has 4 heteroatoms. The normalized spacial score (nSPS) is 17.8. The van der Waals surface area contributed by atoms with Crippen LogP contribution >= 0.6 is 0 Å². The number of carboxylic acid groups (broad SMARTS) is 1. The molecule has 0 aromatic heterocycles. The molecule has 0 bridgehead atoms. The van der Waals surface area contributed by atoms with Gasteiger partial charge in [-0.25, -0.2) is 4.79 Å². The maximum absolute atomic E-state index is 12.7. The first-order valence-corrected chi connectivity index (χ1v) is 7.83. The molecule has 0 heterocycles. The number of nitrogens with one attached hydrogen (secondary N) is 1.